The number of fused-ring (bicyclic) bond motifs is 1. The Balaban J connectivity index is 1.74. The maximum Gasteiger partial charge on any atom is 0.263 e. The van der Waals surface area contributed by atoms with Gasteiger partial charge in [0.1, 0.15) is 4.83 Å². The molecule has 146 valence electrons. The van der Waals surface area contributed by atoms with E-state index in [1.54, 1.807) is 21.3 Å². The summed E-state index contributed by atoms with van der Waals surface area (Å²) in [5.41, 5.74) is 2.40. The molecule has 0 atom stereocenters. The van der Waals surface area contributed by atoms with Gasteiger partial charge in [0.15, 0.2) is 10.9 Å². The first kappa shape index (κ1) is 19.4. The molecule has 7 heteroatoms. The van der Waals surface area contributed by atoms with Crippen LogP contribution in [0, 0.1) is 0 Å². The van der Waals surface area contributed by atoms with Gasteiger partial charge in [-0.25, -0.2) is 4.98 Å². The number of aryl methyl sites for hydroxylation is 1. The molecule has 5 nitrogen and oxygen atoms in total. The van der Waals surface area contributed by atoms with E-state index in [-0.39, 0.29) is 17.1 Å². The number of carbonyl (C=O) groups is 1. The fourth-order valence-corrected chi connectivity index (χ4v) is 5.06. The number of Topliss-reactive ketones (excluding diaryl/α,β-unsaturated/α-hetero) is 1. The Morgan fingerprint density at radius 1 is 1.24 bits per heavy atom. The molecule has 4 rings (SSSR count). The Kier molecular flexibility index (Phi) is 5.51. The number of rotatable bonds is 7. The predicted molar refractivity (Wildman–Crippen MR) is 120 cm³/mol. The first-order chi connectivity index (χ1) is 14.1. The monoisotopic (exact) mass is 421 g/mol. The lowest BCUT2D eigenvalue weighted by Gasteiger charge is -2.10. The van der Waals surface area contributed by atoms with Crippen molar-refractivity contribution in [3.63, 3.8) is 0 Å². The number of thioether (sulfide) groups is 1. The molecule has 0 aliphatic heterocycles. The minimum Gasteiger partial charge on any atom is -0.348 e. The van der Waals surface area contributed by atoms with Gasteiger partial charge in [0, 0.05) is 30.7 Å². The normalized spacial score (nSPS) is 11.1. The molecule has 29 heavy (non-hydrogen) atoms. The van der Waals surface area contributed by atoms with Crippen LogP contribution in [0.1, 0.15) is 10.5 Å². The van der Waals surface area contributed by atoms with Gasteiger partial charge in [0.25, 0.3) is 5.56 Å². The highest BCUT2D eigenvalue weighted by molar-refractivity contribution is 7.99. The summed E-state index contributed by atoms with van der Waals surface area (Å²) < 4.78 is 3.39. The highest BCUT2D eigenvalue weighted by Gasteiger charge is 2.18. The lowest BCUT2D eigenvalue weighted by atomic mass is 10.1. The molecule has 0 radical (unpaired) electrons. The first-order valence-electron chi connectivity index (χ1n) is 9.06. The lowest BCUT2D eigenvalue weighted by molar-refractivity contribution is 0.101. The van der Waals surface area contributed by atoms with Gasteiger partial charge in [-0.3, -0.25) is 14.2 Å². The second kappa shape index (κ2) is 8.23. The second-order valence-corrected chi connectivity index (χ2v) is 8.31. The maximum atomic E-state index is 13.3. The highest BCUT2D eigenvalue weighted by Crippen LogP contribution is 2.32. The molecule has 0 bridgehead atoms. The van der Waals surface area contributed by atoms with Crippen molar-refractivity contribution in [1.29, 1.82) is 0 Å². The van der Waals surface area contributed by atoms with Crippen molar-refractivity contribution >= 4 is 39.1 Å². The molecule has 4 aromatic rings. The third-order valence-electron chi connectivity index (χ3n) is 4.62. The topological polar surface area (TPSA) is 56.9 Å². The molecule has 0 fully saturated rings. The molecule has 0 unspecified atom stereocenters. The molecule has 0 aliphatic rings. The highest BCUT2D eigenvalue weighted by atomic mass is 32.2. The standard InChI is InChI=1S/C22H19N3O2S2/c1-3-11-25-21(27)19-16(15-8-5-4-6-9-15)13-28-20(19)23-22(25)29-14-18(26)17-10-7-12-24(17)2/h3-10,12-13H,1,11,14H2,2H3. The van der Waals surface area contributed by atoms with E-state index < -0.39 is 0 Å². The summed E-state index contributed by atoms with van der Waals surface area (Å²) in [6.45, 7) is 4.11. The van der Waals surface area contributed by atoms with E-state index in [2.05, 4.69) is 6.58 Å². The molecule has 0 amide bonds. The van der Waals surface area contributed by atoms with Gasteiger partial charge in [-0.05, 0) is 17.7 Å². The van der Waals surface area contributed by atoms with E-state index in [9.17, 15) is 9.59 Å². The number of hydrogen-bond acceptors (Lipinski definition) is 5. The largest absolute Gasteiger partial charge is 0.348 e. The quantitative estimate of drug-likeness (QED) is 0.189. The van der Waals surface area contributed by atoms with Crippen molar-refractivity contribution in [2.75, 3.05) is 5.75 Å². The van der Waals surface area contributed by atoms with Gasteiger partial charge >= 0.3 is 0 Å². The Labute approximate surface area is 176 Å². The second-order valence-electron chi connectivity index (χ2n) is 6.51. The van der Waals surface area contributed by atoms with Crippen LogP contribution >= 0.6 is 23.1 Å². The summed E-state index contributed by atoms with van der Waals surface area (Å²) in [6, 6.07) is 13.5. The molecule has 1 aromatic carbocycles. The Morgan fingerprint density at radius 2 is 2.03 bits per heavy atom. The number of allylic oxidation sites excluding steroid dienone is 1. The van der Waals surface area contributed by atoms with Crippen molar-refractivity contribution in [2.45, 2.75) is 11.7 Å². The van der Waals surface area contributed by atoms with Crippen LogP contribution < -0.4 is 5.56 Å². The SMILES string of the molecule is C=CCn1c(SCC(=O)c2cccn2C)nc2scc(-c3ccccc3)c2c1=O. The van der Waals surface area contributed by atoms with Crippen LogP contribution in [0.5, 0.6) is 0 Å². The molecule has 0 saturated carbocycles. The van der Waals surface area contributed by atoms with E-state index in [0.29, 0.717) is 27.6 Å². The fourth-order valence-electron chi connectivity index (χ4n) is 3.19. The number of hydrogen-bond donors (Lipinski definition) is 0. The van der Waals surface area contributed by atoms with Gasteiger partial charge < -0.3 is 4.57 Å². The summed E-state index contributed by atoms with van der Waals surface area (Å²) in [5, 5.41) is 3.11. The number of aromatic nitrogens is 3. The Hall–Kier alpha value is -2.90. The van der Waals surface area contributed by atoms with Gasteiger partial charge in [0.2, 0.25) is 0 Å². The molecule has 3 heterocycles. The summed E-state index contributed by atoms with van der Waals surface area (Å²) in [5.74, 6) is 0.210. The Morgan fingerprint density at radius 3 is 2.72 bits per heavy atom. The van der Waals surface area contributed by atoms with Crippen LogP contribution in [-0.2, 0) is 13.6 Å². The summed E-state index contributed by atoms with van der Waals surface area (Å²) >= 11 is 2.73. The minimum absolute atomic E-state index is 0.00171. The third kappa shape index (κ3) is 3.71. The first-order valence-corrected chi connectivity index (χ1v) is 10.9. The van der Waals surface area contributed by atoms with Gasteiger partial charge in [0.05, 0.1) is 16.8 Å². The third-order valence-corrected chi connectivity index (χ3v) is 6.47. The molecule has 3 aromatic heterocycles. The van der Waals surface area contributed by atoms with Crippen molar-refractivity contribution < 1.29 is 4.79 Å². The van der Waals surface area contributed by atoms with Gasteiger partial charge in [-0.2, -0.15) is 0 Å². The van der Waals surface area contributed by atoms with Crippen molar-refractivity contribution in [3.05, 3.63) is 82.7 Å². The van der Waals surface area contributed by atoms with Crippen LogP contribution in [0.2, 0.25) is 0 Å². The average molecular weight is 422 g/mol. The van der Waals surface area contributed by atoms with E-state index in [4.69, 9.17) is 4.98 Å². The van der Waals surface area contributed by atoms with E-state index in [0.717, 1.165) is 11.1 Å². The molecule has 0 saturated heterocycles. The van der Waals surface area contributed by atoms with Gasteiger partial charge in [-0.15, -0.1) is 17.9 Å². The summed E-state index contributed by atoms with van der Waals surface area (Å²) in [4.78, 5) is 31.2. The van der Waals surface area contributed by atoms with Crippen LogP contribution in [-0.4, -0.2) is 25.7 Å². The molecular weight excluding hydrogens is 402 g/mol. The zero-order chi connectivity index (χ0) is 20.4. The Bertz CT molecular complexity index is 1250. The predicted octanol–water partition coefficient (Wildman–Crippen LogP) is 4.62. The van der Waals surface area contributed by atoms with Gasteiger partial charge in [-0.1, -0.05) is 48.2 Å². The molecule has 0 spiro atoms. The molecular formula is C22H19N3O2S2. The number of benzene rings is 1. The summed E-state index contributed by atoms with van der Waals surface area (Å²) in [6.07, 6.45) is 3.51. The zero-order valence-electron chi connectivity index (χ0n) is 15.9. The maximum absolute atomic E-state index is 13.3. The fraction of sp³-hybridized carbons (Fsp3) is 0.136. The van der Waals surface area contributed by atoms with E-state index >= 15 is 0 Å². The summed E-state index contributed by atoms with van der Waals surface area (Å²) in [7, 11) is 1.84. The van der Waals surface area contributed by atoms with E-state index in [1.165, 1.54) is 23.1 Å². The van der Waals surface area contributed by atoms with E-state index in [1.807, 2.05) is 55.0 Å². The zero-order valence-corrected chi connectivity index (χ0v) is 17.5. The van der Waals surface area contributed by atoms with Crippen molar-refractivity contribution in [3.8, 4) is 11.1 Å². The van der Waals surface area contributed by atoms with Crippen LogP contribution in [0.25, 0.3) is 21.3 Å². The van der Waals surface area contributed by atoms with Crippen molar-refractivity contribution in [1.82, 2.24) is 14.1 Å². The molecule has 0 aliphatic carbocycles. The van der Waals surface area contributed by atoms with Crippen LogP contribution in [0.3, 0.4) is 0 Å². The smallest absolute Gasteiger partial charge is 0.263 e. The number of ketones is 1. The lowest BCUT2D eigenvalue weighted by Crippen LogP contribution is -2.23. The number of carbonyl (C=O) groups excluding carboxylic acids is 1. The minimum atomic E-state index is -0.108. The number of thiophene rings is 1. The van der Waals surface area contributed by atoms with Crippen LogP contribution in [0.15, 0.2) is 76.6 Å². The number of nitrogens with zero attached hydrogens (tertiary/aromatic N) is 3. The van der Waals surface area contributed by atoms with Crippen LogP contribution in [0.4, 0.5) is 0 Å². The average Bonchev–Trinajstić information content (AvgIpc) is 3.35. The molecule has 0 N–H and O–H groups in total. The van der Waals surface area contributed by atoms with Crippen molar-refractivity contribution in [2.24, 2.45) is 7.05 Å².